The van der Waals surface area contributed by atoms with Gasteiger partial charge in [-0.1, -0.05) is 23.2 Å². The minimum atomic E-state index is -0.470. The lowest BCUT2D eigenvalue weighted by Gasteiger charge is -2.18. The van der Waals surface area contributed by atoms with Gasteiger partial charge in [0.25, 0.3) is 5.91 Å². The molecule has 0 aliphatic carbocycles. The molecule has 0 heterocycles. The van der Waals surface area contributed by atoms with Crippen molar-refractivity contribution in [3.05, 3.63) is 33.8 Å². The van der Waals surface area contributed by atoms with Crippen LogP contribution in [0.3, 0.4) is 0 Å². The van der Waals surface area contributed by atoms with Gasteiger partial charge in [-0.15, -0.1) is 0 Å². The average Bonchev–Trinajstić information content (AvgIpc) is 2.41. The van der Waals surface area contributed by atoms with Crippen molar-refractivity contribution in [2.45, 2.75) is 19.4 Å². The Balaban J connectivity index is 2.50. The fraction of sp³-hybridized carbons (Fsp3) is 0.429. The van der Waals surface area contributed by atoms with Crippen LogP contribution in [0.1, 0.15) is 23.7 Å². The number of rotatable bonds is 6. The number of nitrogens with zero attached hydrogens (tertiary/aromatic N) is 1. The summed E-state index contributed by atoms with van der Waals surface area (Å²) in [5.41, 5.74) is 0.264. The Kier molecular flexibility index (Phi) is 6.95. The summed E-state index contributed by atoms with van der Waals surface area (Å²) >= 11 is 11.7. The highest BCUT2D eigenvalue weighted by Gasteiger charge is 2.14. The molecule has 0 aliphatic rings. The van der Waals surface area contributed by atoms with Crippen molar-refractivity contribution in [2.75, 3.05) is 20.1 Å². The summed E-state index contributed by atoms with van der Waals surface area (Å²) in [7, 11) is 1.62. The van der Waals surface area contributed by atoms with Gasteiger partial charge >= 0.3 is 0 Å². The van der Waals surface area contributed by atoms with E-state index in [4.69, 9.17) is 28.3 Å². The Morgan fingerprint density at radius 2 is 2.05 bits per heavy atom. The molecule has 1 atom stereocenters. The standard InChI is InChI=1S/C14H18Cl2N2O3/c1-9(19)5-6-18(2)13(20)8-17-14(21)11-4-3-10(15)7-12(11)16/h3-4,7,9,19H,5-6,8H2,1-2H3,(H,17,21). The van der Waals surface area contributed by atoms with Crippen molar-refractivity contribution in [3.63, 3.8) is 0 Å². The zero-order valence-corrected chi connectivity index (χ0v) is 13.4. The second-order valence-corrected chi connectivity index (χ2v) is 5.60. The first-order valence-corrected chi connectivity index (χ1v) is 7.22. The fourth-order valence-corrected chi connectivity index (χ4v) is 2.06. The van der Waals surface area contributed by atoms with Crippen LogP contribution in [0.15, 0.2) is 18.2 Å². The highest BCUT2D eigenvalue weighted by atomic mass is 35.5. The molecule has 0 aliphatic heterocycles. The number of benzene rings is 1. The molecule has 0 aromatic heterocycles. The number of likely N-dealkylation sites (N-methyl/N-ethyl adjacent to an activating group) is 1. The summed E-state index contributed by atoms with van der Waals surface area (Å²) in [5.74, 6) is -0.678. The molecule has 5 nitrogen and oxygen atoms in total. The maximum Gasteiger partial charge on any atom is 0.253 e. The number of aliphatic hydroxyl groups excluding tert-OH is 1. The van der Waals surface area contributed by atoms with E-state index >= 15 is 0 Å². The number of carbonyl (C=O) groups excluding carboxylic acids is 2. The lowest BCUT2D eigenvalue weighted by Crippen LogP contribution is -2.39. The molecule has 21 heavy (non-hydrogen) atoms. The van der Waals surface area contributed by atoms with Crippen LogP contribution in [-0.2, 0) is 4.79 Å². The zero-order chi connectivity index (χ0) is 16.0. The van der Waals surface area contributed by atoms with Crippen molar-refractivity contribution < 1.29 is 14.7 Å². The number of halogens is 2. The van der Waals surface area contributed by atoms with Crippen LogP contribution >= 0.6 is 23.2 Å². The first-order chi connectivity index (χ1) is 9.81. The van der Waals surface area contributed by atoms with Gasteiger partial charge in [0.1, 0.15) is 0 Å². The third kappa shape index (κ3) is 5.91. The normalized spacial score (nSPS) is 11.9. The molecule has 116 valence electrons. The van der Waals surface area contributed by atoms with Gasteiger partial charge in [-0.25, -0.2) is 0 Å². The van der Waals surface area contributed by atoms with Gasteiger partial charge in [-0.2, -0.15) is 0 Å². The highest BCUT2D eigenvalue weighted by molar-refractivity contribution is 6.36. The van der Waals surface area contributed by atoms with Gasteiger partial charge < -0.3 is 15.3 Å². The predicted octanol–water partition coefficient (Wildman–Crippen LogP) is 1.95. The van der Waals surface area contributed by atoms with Crippen molar-refractivity contribution in [3.8, 4) is 0 Å². The zero-order valence-electron chi connectivity index (χ0n) is 11.9. The van der Waals surface area contributed by atoms with Gasteiger partial charge in [0.2, 0.25) is 5.91 Å². The van der Waals surface area contributed by atoms with Crippen LogP contribution in [0, 0.1) is 0 Å². The fourth-order valence-electron chi connectivity index (χ4n) is 1.56. The molecule has 0 fully saturated rings. The molecule has 0 bridgehead atoms. The number of amides is 2. The SMILES string of the molecule is CC(O)CCN(C)C(=O)CNC(=O)c1ccc(Cl)cc1Cl. The number of aliphatic hydroxyl groups is 1. The molecule has 1 aromatic carbocycles. The topological polar surface area (TPSA) is 69.6 Å². The molecule has 0 radical (unpaired) electrons. The van der Waals surface area contributed by atoms with Crippen molar-refractivity contribution in [2.24, 2.45) is 0 Å². The van der Waals surface area contributed by atoms with Crippen LogP contribution < -0.4 is 5.32 Å². The van der Waals surface area contributed by atoms with E-state index in [9.17, 15) is 9.59 Å². The Hall–Kier alpha value is -1.30. The van der Waals surface area contributed by atoms with Crippen LogP contribution in [0.2, 0.25) is 10.0 Å². The molecular formula is C14H18Cl2N2O3. The second kappa shape index (κ2) is 8.22. The van der Waals surface area contributed by atoms with Gasteiger partial charge in [0.15, 0.2) is 0 Å². The van der Waals surface area contributed by atoms with Crippen molar-refractivity contribution in [1.29, 1.82) is 0 Å². The molecule has 0 spiro atoms. The van der Waals surface area contributed by atoms with E-state index < -0.39 is 12.0 Å². The van der Waals surface area contributed by atoms with E-state index in [1.807, 2.05) is 0 Å². The molecule has 7 heteroatoms. The quantitative estimate of drug-likeness (QED) is 0.836. The van der Waals surface area contributed by atoms with Crippen molar-refractivity contribution in [1.82, 2.24) is 10.2 Å². The molecule has 2 amide bonds. The summed E-state index contributed by atoms with van der Waals surface area (Å²) in [6, 6.07) is 4.52. The molecular weight excluding hydrogens is 315 g/mol. The lowest BCUT2D eigenvalue weighted by molar-refractivity contribution is -0.129. The predicted molar refractivity (Wildman–Crippen MR) is 82.7 cm³/mol. The van der Waals surface area contributed by atoms with Gasteiger partial charge in [0.05, 0.1) is 23.2 Å². The average molecular weight is 333 g/mol. The van der Waals surface area contributed by atoms with Crippen LogP contribution in [-0.4, -0.2) is 48.1 Å². The van der Waals surface area contributed by atoms with Gasteiger partial charge in [0, 0.05) is 18.6 Å². The highest BCUT2D eigenvalue weighted by Crippen LogP contribution is 2.20. The third-order valence-corrected chi connectivity index (χ3v) is 3.43. The van der Waals surface area contributed by atoms with Crippen molar-refractivity contribution >= 4 is 35.0 Å². The summed E-state index contributed by atoms with van der Waals surface area (Å²) in [6.07, 6.45) is 0.0156. The number of carbonyl (C=O) groups is 2. The monoisotopic (exact) mass is 332 g/mol. The number of nitrogens with one attached hydrogen (secondary N) is 1. The molecule has 1 aromatic rings. The minimum Gasteiger partial charge on any atom is -0.393 e. The van der Waals surface area contributed by atoms with Crippen LogP contribution in [0.4, 0.5) is 0 Å². The van der Waals surface area contributed by atoms with E-state index in [0.29, 0.717) is 18.0 Å². The van der Waals surface area contributed by atoms with E-state index in [0.717, 1.165) is 0 Å². The Morgan fingerprint density at radius 3 is 2.62 bits per heavy atom. The summed E-state index contributed by atoms with van der Waals surface area (Å²) < 4.78 is 0. The van der Waals surface area contributed by atoms with E-state index in [-0.39, 0.29) is 23.0 Å². The second-order valence-electron chi connectivity index (χ2n) is 4.76. The lowest BCUT2D eigenvalue weighted by atomic mass is 10.2. The van der Waals surface area contributed by atoms with E-state index in [1.54, 1.807) is 20.0 Å². The van der Waals surface area contributed by atoms with Gasteiger partial charge in [-0.3, -0.25) is 9.59 Å². The number of hydrogen-bond donors (Lipinski definition) is 2. The minimum absolute atomic E-state index is 0.131. The molecule has 0 saturated carbocycles. The first kappa shape index (κ1) is 17.8. The summed E-state index contributed by atoms with van der Waals surface area (Å²) in [5, 5.41) is 12.3. The first-order valence-electron chi connectivity index (χ1n) is 6.46. The van der Waals surface area contributed by atoms with E-state index in [1.165, 1.54) is 17.0 Å². The maximum atomic E-state index is 11.9. The molecule has 1 unspecified atom stereocenters. The Morgan fingerprint density at radius 1 is 1.38 bits per heavy atom. The smallest absolute Gasteiger partial charge is 0.253 e. The third-order valence-electron chi connectivity index (χ3n) is 2.88. The molecule has 0 saturated heterocycles. The molecule has 2 N–H and O–H groups in total. The van der Waals surface area contributed by atoms with Crippen LogP contribution in [0.25, 0.3) is 0 Å². The Labute approximate surface area is 133 Å². The van der Waals surface area contributed by atoms with Gasteiger partial charge in [-0.05, 0) is 31.5 Å². The number of hydrogen-bond acceptors (Lipinski definition) is 3. The Bertz CT molecular complexity index is 521. The van der Waals surface area contributed by atoms with E-state index in [2.05, 4.69) is 5.32 Å². The largest absolute Gasteiger partial charge is 0.393 e. The molecule has 1 rings (SSSR count). The summed E-state index contributed by atoms with van der Waals surface area (Å²) in [4.78, 5) is 25.2. The maximum absolute atomic E-state index is 11.9. The summed E-state index contributed by atoms with van der Waals surface area (Å²) in [6.45, 7) is 1.95. The van der Waals surface area contributed by atoms with Crippen LogP contribution in [0.5, 0.6) is 0 Å².